The summed E-state index contributed by atoms with van der Waals surface area (Å²) >= 11 is 0. The third kappa shape index (κ3) is 3.01. The Balaban J connectivity index is 1.59. The molecule has 2 aromatic carbocycles. The fourth-order valence-electron chi connectivity index (χ4n) is 4.77. The van der Waals surface area contributed by atoms with Gasteiger partial charge in [0.2, 0.25) is 5.55 Å². The summed E-state index contributed by atoms with van der Waals surface area (Å²) < 4.78 is 5.95. The Hall–Kier alpha value is -3.08. The van der Waals surface area contributed by atoms with E-state index < -0.39 is 0 Å². The van der Waals surface area contributed by atoms with Crippen LogP contribution in [0.5, 0.6) is 0 Å². The Morgan fingerprint density at radius 3 is 2.69 bits per heavy atom. The monoisotopic (exact) mass is 387 g/mol. The Morgan fingerprint density at radius 1 is 1.10 bits per heavy atom. The van der Waals surface area contributed by atoms with Gasteiger partial charge in [-0.1, -0.05) is 17.7 Å². The van der Waals surface area contributed by atoms with Crippen LogP contribution in [-0.2, 0) is 12.8 Å². The second kappa shape index (κ2) is 6.76. The second-order valence-electron chi connectivity index (χ2n) is 8.24. The van der Waals surface area contributed by atoms with E-state index in [1.165, 1.54) is 16.8 Å². The van der Waals surface area contributed by atoms with Crippen LogP contribution in [-0.4, -0.2) is 19.0 Å². The summed E-state index contributed by atoms with van der Waals surface area (Å²) in [5.41, 5.74) is 7.73. The van der Waals surface area contributed by atoms with Gasteiger partial charge in [-0.15, -0.1) is 0 Å². The van der Waals surface area contributed by atoms with Crippen molar-refractivity contribution in [3.05, 3.63) is 63.7 Å². The average molecular weight is 387 g/mol. The first kappa shape index (κ1) is 18.0. The number of carbonyl (C=O) groups is 1. The summed E-state index contributed by atoms with van der Waals surface area (Å²) in [5.74, 6) is -0.305. The molecule has 0 aliphatic carbocycles. The van der Waals surface area contributed by atoms with Crippen molar-refractivity contribution in [1.82, 2.24) is 0 Å². The second-order valence-corrected chi connectivity index (χ2v) is 8.24. The zero-order chi connectivity index (χ0) is 20.1. The van der Waals surface area contributed by atoms with Gasteiger partial charge in [-0.05, 0) is 68.9 Å². The van der Waals surface area contributed by atoms with Gasteiger partial charge < -0.3 is 14.6 Å². The van der Waals surface area contributed by atoms with Gasteiger partial charge >= 0.3 is 0 Å². The summed E-state index contributed by atoms with van der Waals surface area (Å²) in [7, 11) is 0. The number of aryl methyl sites for hydroxylation is 4. The van der Waals surface area contributed by atoms with Gasteiger partial charge in [0, 0.05) is 35.4 Å². The van der Waals surface area contributed by atoms with Crippen LogP contribution in [0.15, 0.2) is 34.7 Å². The first-order valence-corrected chi connectivity index (χ1v) is 10.3. The van der Waals surface area contributed by atoms with Crippen molar-refractivity contribution in [2.24, 2.45) is 0 Å². The van der Waals surface area contributed by atoms with Gasteiger partial charge in [-0.3, -0.25) is 10.2 Å². The van der Waals surface area contributed by atoms with E-state index in [1.807, 2.05) is 38.1 Å². The summed E-state index contributed by atoms with van der Waals surface area (Å²) in [5, 5.41) is 12.2. The first-order chi connectivity index (χ1) is 14.0. The van der Waals surface area contributed by atoms with E-state index in [2.05, 4.69) is 16.3 Å². The average Bonchev–Trinajstić information content (AvgIpc) is 2.70. The van der Waals surface area contributed by atoms with E-state index in [0.29, 0.717) is 0 Å². The van der Waals surface area contributed by atoms with Gasteiger partial charge in [0.15, 0.2) is 0 Å². The molecule has 5 rings (SSSR count). The summed E-state index contributed by atoms with van der Waals surface area (Å²) in [6, 6.07) is 9.88. The smallest absolute Gasteiger partial charge is 0.261 e. The number of carbonyl (C=O) groups excluding carboxylic acids is 1. The highest BCUT2D eigenvalue weighted by Gasteiger charge is 2.27. The van der Waals surface area contributed by atoms with E-state index in [0.717, 1.165) is 66.6 Å². The molecular weight excluding hydrogens is 362 g/mol. The Kier molecular flexibility index (Phi) is 4.19. The highest BCUT2D eigenvalue weighted by Crippen LogP contribution is 2.39. The molecule has 5 nitrogen and oxygen atoms in total. The third-order valence-electron chi connectivity index (χ3n) is 6.12. The Labute approximate surface area is 169 Å². The third-order valence-corrected chi connectivity index (χ3v) is 6.12. The number of rotatable bonds is 2. The van der Waals surface area contributed by atoms with Crippen molar-refractivity contribution in [2.45, 2.75) is 39.5 Å². The Morgan fingerprint density at radius 2 is 1.90 bits per heavy atom. The number of nitrogens with zero attached hydrogens (tertiary/aromatic N) is 1. The molecule has 0 saturated carbocycles. The normalized spacial score (nSPS) is 15.3. The minimum atomic E-state index is -0.305. The Bertz CT molecular complexity index is 1210. The van der Waals surface area contributed by atoms with Crippen molar-refractivity contribution in [2.75, 3.05) is 23.3 Å². The summed E-state index contributed by atoms with van der Waals surface area (Å²) in [6.45, 7) is 6.18. The van der Waals surface area contributed by atoms with Crippen molar-refractivity contribution in [1.29, 1.82) is 5.41 Å². The molecule has 2 aliphatic heterocycles. The van der Waals surface area contributed by atoms with Crippen LogP contribution in [0, 0.1) is 19.3 Å². The molecule has 2 N–H and O–H groups in total. The van der Waals surface area contributed by atoms with E-state index in [9.17, 15) is 4.79 Å². The number of amides is 1. The SMILES string of the molecule is Cc1ccc(NC(=O)c2cc3cc4c5c(c3oc2=N)CCCN5CCC4)c(C)c1. The van der Waals surface area contributed by atoms with Crippen LogP contribution in [0.4, 0.5) is 11.4 Å². The number of nitrogens with one attached hydrogen (secondary N) is 2. The lowest BCUT2D eigenvalue weighted by Crippen LogP contribution is -2.34. The number of hydrogen-bond acceptors (Lipinski definition) is 4. The van der Waals surface area contributed by atoms with Crippen LogP contribution in [0.2, 0.25) is 0 Å². The molecule has 1 aromatic heterocycles. The molecule has 0 bridgehead atoms. The largest absolute Gasteiger partial charge is 0.438 e. The van der Waals surface area contributed by atoms with Gasteiger partial charge in [-0.25, -0.2) is 0 Å². The summed E-state index contributed by atoms with van der Waals surface area (Å²) in [6.07, 6.45) is 4.28. The lowest BCUT2D eigenvalue weighted by Gasteiger charge is -2.37. The number of anilines is 2. The predicted molar refractivity (Wildman–Crippen MR) is 115 cm³/mol. The molecule has 148 valence electrons. The number of fused-ring (bicyclic) bond motifs is 2. The molecule has 3 heterocycles. The topological polar surface area (TPSA) is 69.3 Å². The zero-order valence-corrected chi connectivity index (χ0v) is 16.9. The van der Waals surface area contributed by atoms with Gasteiger partial charge in [0.1, 0.15) is 11.1 Å². The van der Waals surface area contributed by atoms with E-state index >= 15 is 0 Å². The van der Waals surface area contributed by atoms with Gasteiger partial charge in [-0.2, -0.15) is 0 Å². The maximum absolute atomic E-state index is 12.9. The molecule has 3 aromatic rings. The van der Waals surface area contributed by atoms with Crippen LogP contribution >= 0.6 is 0 Å². The van der Waals surface area contributed by atoms with E-state index in [4.69, 9.17) is 9.83 Å². The number of benzene rings is 2. The minimum absolute atomic E-state index is 0.0797. The maximum Gasteiger partial charge on any atom is 0.261 e. The zero-order valence-electron chi connectivity index (χ0n) is 16.9. The first-order valence-electron chi connectivity index (χ1n) is 10.3. The van der Waals surface area contributed by atoms with E-state index in [1.54, 1.807) is 0 Å². The van der Waals surface area contributed by atoms with Crippen LogP contribution < -0.4 is 15.8 Å². The molecule has 5 heteroatoms. The van der Waals surface area contributed by atoms with Crippen LogP contribution in [0.3, 0.4) is 0 Å². The standard InChI is InChI=1S/C24H25N3O2/c1-14-7-8-20(15(2)11-14)26-24(28)19-13-17-12-16-5-3-9-27-10-4-6-18(21(16)27)22(17)29-23(19)25/h7-8,11-13,25H,3-6,9-10H2,1-2H3,(H,26,28). The molecule has 0 atom stereocenters. The minimum Gasteiger partial charge on any atom is -0.438 e. The van der Waals surface area contributed by atoms with Gasteiger partial charge in [0.05, 0.1) is 0 Å². The molecule has 0 saturated heterocycles. The fraction of sp³-hybridized carbons (Fsp3) is 0.333. The molecule has 0 spiro atoms. The van der Waals surface area contributed by atoms with E-state index in [-0.39, 0.29) is 17.0 Å². The molecule has 29 heavy (non-hydrogen) atoms. The van der Waals surface area contributed by atoms with Crippen molar-refractivity contribution < 1.29 is 9.21 Å². The van der Waals surface area contributed by atoms with Crippen LogP contribution in [0.25, 0.3) is 11.0 Å². The van der Waals surface area contributed by atoms with Crippen molar-refractivity contribution >= 4 is 28.3 Å². The predicted octanol–water partition coefficient (Wildman–Crippen LogP) is 4.48. The summed E-state index contributed by atoms with van der Waals surface area (Å²) in [4.78, 5) is 15.4. The molecule has 0 unspecified atom stereocenters. The van der Waals surface area contributed by atoms with Crippen LogP contribution in [0.1, 0.15) is 45.5 Å². The lowest BCUT2D eigenvalue weighted by molar-refractivity contribution is 0.102. The fourth-order valence-corrected chi connectivity index (χ4v) is 4.77. The molecule has 2 aliphatic rings. The molecule has 1 amide bonds. The molecule has 0 radical (unpaired) electrons. The quantitative estimate of drug-likeness (QED) is 0.681. The maximum atomic E-state index is 12.9. The highest BCUT2D eigenvalue weighted by molar-refractivity contribution is 6.06. The van der Waals surface area contributed by atoms with Crippen molar-refractivity contribution in [3.8, 4) is 0 Å². The van der Waals surface area contributed by atoms with Crippen molar-refractivity contribution in [3.63, 3.8) is 0 Å². The number of hydrogen-bond donors (Lipinski definition) is 2. The highest BCUT2D eigenvalue weighted by atomic mass is 16.3. The molecule has 0 fully saturated rings. The molecular formula is C24H25N3O2. The van der Waals surface area contributed by atoms with Gasteiger partial charge in [0.25, 0.3) is 5.91 Å². The lowest BCUT2D eigenvalue weighted by atomic mass is 9.90.